The zero-order valence-electron chi connectivity index (χ0n) is 19.9. The molecule has 3 N–H and O–H groups in total. The van der Waals surface area contributed by atoms with Crippen molar-refractivity contribution < 1.29 is 9.90 Å². The predicted molar refractivity (Wildman–Crippen MR) is 138 cm³/mol. The molecule has 0 spiro atoms. The average molecular weight is 494 g/mol. The number of aromatic nitrogens is 3. The van der Waals surface area contributed by atoms with Gasteiger partial charge in [0.05, 0.1) is 18.8 Å². The second-order valence-electron chi connectivity index (χ2n) is 8.81. The predicted octanol–water partition coefficient (Wildman–Crippen LogP) is 3.44. The monoisotopic (exact) mass is 493 g/mol. The molecule has 4 rings (SSSR count). The van der Waals surface area contributed by atoms with Crippen LogP contribution in [0.1, 0.15) is 34.5 Å². The minimum Gasteiger partial charge on any atom is -0.389 e. The maximum Gasteiger partial charge on any atom is 0.258 e. The Morgan fingerprint density at radius 2 is 2.03 bits per heavy atom. The highest BCUT2D eigenvalue weighted by atomic mass is 35.5. The van der Waals surface area contributed by atoms with Gasteiger partial charge in [0.2, 0.25) is 0 Å². The van der Waals surface area contributed by atoms with E-state index in [0.29, 0.717) is 33.6 Å². The maximum absolute atomic E-state index is 13.3. The molecule has 9 heteroatoms. The molecule has 0 bridgehead atoms. The van der Waals surface area contributed by atoms with Crippen LogP contribution in [0.25, 0.3) is 21.9 Å². The van der Waals surface area contributed by atoms with Gasteiger partial charge in [-0.2, -0.15) is 5.10 Å². The van der Waals surface area contributed by atoms with E-state index in [1.165, 1.54) is 0 Å². The van der Waals surface area contributed by atoms with Gasteiger partial charge in [-0.05, 0) is 61.8 Å². The summed E-state index contributed by atoms with van der Waals surface area (Å²) in [6.07, 6.45) is 2.50. The number of pyridine rings is 1. The molecule has 1 atom stereocenters. The van der Waals surface area contributed by atoms with E-state index in [-0.39, 0.29) is 18.0 Å². The fourth-order valence-corrected chi connectivity index (χ4v) is 4.22. The minimum atomic E-state index is -0.798. The first-order valence-corrected chi connectivity index (χ1v) is 11.7. The second kappa shape index (κ2) is 10.4. The third-order valence-electron chi connectivity index (χ3n) is 5.86. The molecular formula is C26H28ClN5O3. The number of hydrogen-bond donors (Lipinski definition) is 3. The van der Waals surface area contributed by atoms with Crippen LogP contribution in [0.5, 0.6) is 0 Å². The summed E-state index contributed by atoms with van der Waals surface area (Å²) >= 11 is 6.19. The van der Waals surface area contributed by atoms with E-state index >= 15 is 0 Å². The number of aliphatic hydroxyl groups excluding tert-OH is 1. The fourth-order valence-electron chi connectivity index (χ4n) is 4.01. The van der Waals surface area contributed by atoms with Crippen LogP contribution in [-0.2, 0) is 6.54 Å². The Hall–Kier alpha value is -3.46. The lowest BCUT2D eigenvalue weighted by Gasteiger charge is -2.16. The molecule has 0 radical (unpaired) electrons. The van der Waals surface area contributed by atoms with Gasteiger partial charge in [-0.1, -0.05) is 29.8 Å². The van der Waals surface area contributed by atoms with Crippen molar-refractivity contribution in [1.82, 2.24) is 25.0 Å². The number of carbonyl (C=O) groups excluding carboxylic acids is 1. The Morgan fingerprint density at radius 1 is 1.23 bits per heavy atom. The van der Waals surface area contributed by atoms with Gasteiger partial charge < -0.3 is 19.9 Å². The van der Waals surface area contributed by atoms with Gasteiger partial charge in [0, 0.05) is 41.4 Å². The zero-order valence-corrected chi connectivity index (χ0v) is 20.6. The minimum absolute atomic E-state index is 0.158. The Bertz CT molecular complexity index is 1420. The van der Waals surface area contributed by atoms with Gasteiger partial charge in [0.25, 0.3) is 11.5 Å². The van der Waals surface area contributed by atoms with Crippen molar-refractivity contribution in [3.63, 3.8) is 0 Å². The summed E-state index contributed by atoms with van der Waals surface area (Å²) in [6, 6.07) is 12.6. The van der Waals surface area contributed by atoms with Gasteiger partial charge in [0.1, 0.15) is 5.15 Å². The second-order valence-corrected chi connectivity index (χ2v) is 9.19. The summed E-state index contributed by atoms with van der Waals surface area (Å²) in [5.74, 6) is -0.158. The van der Waals surface area contributed by atoms with E-state index in [1.54, 1.807) is 48.1 Å². The molecule has 0 fully saturated rings. The molecule has 0 aliphatic rings. The normalized spacial score (nSPS) is 12.3. The van der Waals surface area contributed by atoms with E-state index < -0.39 is 6.10 Å². The standard InChI is InChI=1S/C26H28ClN5O3/c1-16(33)23-15-32(14-17-5-4-6-19(11-17)25(34)28-9-10-31(2)3)26(35)20-8-7-18(12-21(20)23)22-13-29-30-24(22)27/h4-8,11-13,15-16,33H,9-10,14H2,1-3H3,(H,28,34)(H,29,30). The highest BCUT2D eigenvalue weighted by molar-refractivity contribution is 6.32. The van der Waals surface area contributed by atoms with Crippen LogP contribution in [0, 0.1) is 0 Å². The number of likely N-dealkylation sites (N-methyl/N-ethyl adjacent to an activating group) is 1. The first-order valence-electron chi connectivity index (χ1n) is 11.3. The number of aromatic amines is 1. The molecule has 4 aromatic rings. The van der Waals surface area contributed by atoms with Crippen LogP contribution in [0.3, 0.4) is 0 Å². The van der Waals surface area contributed by atoms with E-state index in [0.717, 1.165) is 23.2 Å². The SMILES string of the molecule is CC(O)c1cn(Cc2cccc(C(=O)NCCN(C)C)c2)c(=O)c2ccc(-c3cn[nH]c3Cl)cc12. The van der Waals surface area contributed by atoms with Crippen LogP contribution >= 0.6 is 11.6 Å². The molecule has 2 heterocycles. The van der Waals surface area contributed by atoms with E-state index in [1.807, 2.05) is 37.2 Å². The Labute approximate surface area is 208 Å². The summed E-state index contributed by atoms with van der Waals surface area (Å²) in [5.41, 5.74) is 3.30. The van der Waals surface area contributed by atoms with Crippen LogP contribution in [0.15, 0.2) is 59.7 Å². The quantitative estimate of drug-likeness (QED) is 0.349. The van der Waals surface area contributed by atoms with Crippen LogP contribution in [0.4, 0.5) is 0 Å². The highest BCUT2D eigenvalue weighted by Crippen LogP contribution is 2.30. The lowest BCUT2D eigenvalue weighted by atomic mass is 9.99. The Balaban J connectivity index is 1.68. The molecule has 1 unspecified atom stereocenters. The number of amides is 1. The number of benzene rings is 2. The topological polar surface area (TPSA) is 103 Å². The summed E-state index contributed by atoms with van der Waals surface area (Å²) in [7, 11) is 3.89. The molecule has 182 valence electrons. The van der Waals surface area contributed by atoms with Crippen molar-refractivity contribution >= 4 is 28.3 Å². The molecule has 2 aromatic carbocycles. The summed E-state index contributed by atoms with van der Waals surface area (Å²) in [6.45, 7) is 3.22. The number of rotatable bonds is 8. The zero-order chi connectivity index (χ0) is 25.1. The summed E-state index contributed by atoms with van der Waals surface area (Å²) < 4.78 is 1.57. The first kappa shape index (κ1) is 24.7. The fraction of sp³-hybridized carbons (Fsp3) is 0.269. The van der Waals surface area contributed by atoms with Crippen LogP contribution < -0.4 is 10.9 Å². The smallest absolute Gasteiger partial charge is 0.258 e. The number of aliphatic hydroxyl groups is 1. The molecule has 0 aliphatic carbocycles. The summed E-state index contributed by atoms with van der Waals surface area (Å²) in [5, 5.41) is 21.6. The largest absolute Gasteiger partial charge is 0.389 e. The number of nitrogens with one attached hydrogen (secondary N) is 2. The first-order chi connectivity index (χ1) is 16.7. The van der Waals surface area contributed by atoms with Crippen molar-refractivity contribution in [3.8, 4) is 11.1 Å². The van der Waals surface area contributed by atoms with Gasteiger partial charge in [-0.25, -0.2) is 0 Å². The number of halogens is 1. The highest BCUT2D eigenvalue weighted by Gasteiger charge is 2.16. The number of nitrogens with zero attached hydrogens (tertiary/aromatic N) is 3. The van der Waals surface area contributed by atoms with Crippen molar-refractivity contribution in [1.29, 1.82) is 0 Å². The number of H-pyrrole nitrogens is 1. The van der Waals surface area contributed by atoms with Gasteiger partial charge >= 0.3 is 0 Å². The molecule has 0 saturated carbocycles. The lowest BCUT2D eigenvalue weighted by Crippen LogP contribution is -2.31. The third-order valence-corrected chi connectivity index (χ3v) is 6.15. The van der Waals surface area contributed by atoms with Gasteiger partial charge in [0.15, 0.2) is 0 Å². The van der Waals surface area contributed by atoms with Crippen LogP contribution in [0.2, 0.25) is 5.15 Å². The molecule has 2 aromatic heterocycles. The molecule has 0 aliphatic heterocycles. The van der Waals surface area contributed by atoms with E-state index in [2.05, 4.69) is 15.5 Å². The maximum atomic E-state index is 13.3. The molecule has 0 saturated heterocycles. The number of carbonyl (C=O) groups is 1. The molecule has 1 amide bonds. The Morgan fingerprint density at radius 3 is 2.71 bits per heavy atom. The number of fused-ring (bicyclic) bond motifs is 1. The Kier molecular flexibility index (Phi) is 7.35. The summed E-state index contributed by atoms with van der Waals surface area (Å²) in [4.78, 5) is 27.9. The van der Waals surface area contributed by atoms with Crippen molar-refractivity contribution in [2.45, 2.75) is 19.6 Å². The van der Waals surface area contributed by atoms with Crippen molar-refractivity contribution in [2.24, 2.45) is 0 Å². The number of hydrogen-bond acceptors (Lipinski definition) is 5. The average Bonchev–Trinajstić information content (AvgIpc) is 3.26. The van der Waals surface area contributed by atoms with Crippen molar-refractivity contribution in [3.05, 3.63) is 87.1 Å². The third kappa shape index (κ3) is 5.45. The lowest BCUT2D eigenvalue weighted by molar-refractivity contribution is 0.0951. The molecule has 8 nitrogen and oxygen atoms in total. The van der Waals surface area contributed by atoms with Gasteiger partial charge in [-0.15, -0.1) is 0 Å². The van der Waals surface area contributed by atoms with Gasteiger partial charge in [-0.3, -0.25) is 14.7 Å². The van der Waals surface area contributed by atoms with Crippen molar-refractivity contribution in [2.75, 3.05) is 27.2 Å². The molecule has 35 heavy (non-hydrogen) atoms. The van der Waals surface area contributed by atoms with Crippen LogP contribution in [-0.4, -0.2) is 57.9 Å². The van der Waals surface area contributed by atoms with E-state index in [9.17, 15) is 14.7 Å². The van der Waals surface area contributed by atoms with E-state index in [4.69, 9.17) is 11.6 Å². The molecular weight excluding hydrogens is 466 g/mol.